The van der Waals surface area contributed by atoms with Crippen LogP contribution in [0.4, 0.5) is 0 Å². The molecule has 2 nitrogen and oxygen atoms in total. The van der Waals surface area contributed by atoms with Crippen molar-refractivity contribution in [2.45, 2.75) is 20.4 Å². The van der Waals surface area contributed by atoms with Crippen LogP contribution in [-0.2, 0) is 6.54 Å². The zero-order valence-electron chi connectivity index (χ0n) is 7.39. The van der Waals surface area contributed by atoms with E-state index in [1.807, 2.05) is 26.0 Å². The van der Waals surface area contributed by atoms with Gasteiger partial charge in [0, 0.05) is 6.54 Å². The smallest absolute Gasteiger partial charge is 0.0997 e. The second kappa shape index (κ2) is 3.38. The van der Waals surface area contributed by atoms with Gasteiger partial charge < -0.3 is 5.73 Å². The summed E-state index contributed by atoms with van der Waals surface area (Å²) in [4.78, 5) is 0. The first-order valence-corrected chi connectivity index (χ1v) is 3.89. The zero-order chi connectivity index (χ0) is 9.14. The summed E-state index contributed by atoms with van der Waals surface area (Å²) < 4.78 is 0. The fourth-order valence-electron chi connectivity index (χ4n) is 1.38. The molecule has 0 heterocycles. The molecule has 0 aliphatic rings. The van der Waals surface area contributed by atoms with Gasteiger partial charge in [0.15, 0.2) is 0 Å². The molecule has 0 radical (unpaired) electrons. The minimum Gasteiger partial charge on any atom is -0.326 e. The van der Waals surface area contributed by atoms with Gasteiger partial charge in [0.05, 0.1) is 11.6 Å². The molecule has 0 unspecified atom stereocenters. The largest absolute Gasteiger partial charge is 0.326 e. The summed E-state index contributed by atoms with van der Waals surface area (Å²) in [6, 6.07) is 6.12. The molecule has 0 aromatic heterocycles. The quantitative estimate of drug-likeness (QED) is 0.678. The minimum atomic E-state index is 0.436. The first-order chi connectivity index (χ1) is 5.69. The highest BCUT2D eigenvalue weighted by molar-refractivity contribution is 5.45. The molecule has 2 heteroatoms. The van der Waals surface area contributed by atoms with Crippen molar-refractivity contribution < 1.29 is 0 Å². The van der Waals surface area contributed by atoms with E-state index in [0.29, 0.717) is 6.54 Å². The third-order valence-corrected chi connectivity index (χ3v) is 1.89. The van der Waals surface area contributed by atoms with Crippen molar-refractivity contribution in [1.29, 1.82) is 5.26 Å². The lowest BCUT2D eigenvalue weighted by molar-refractivity contribution is 1.05. The lowest BCUT2D eigenvalue weighted by Gasteiger charge is -2.05. The number of nitrogens with two attached hydrogens (primary N) is 1. The maximum atomic E-state index is 8.82. The molecule has 0 aliphatic carbocycles. The average molecular weight is 160 g/mol. The highest BCUT2D eigenvalue weighted by Gasteiger charge is 2.03. The molecule has 0 atom stereocenters. The van der Waals surface area contributed by atoms with Crippen LogP contribution in [0.25, 0.3) is 0 Å². The number of rotatable bonds is 1. The molecule has 2 N–H and O–H groups in total. The molecule has 0 amide bonds. The molecular weight excluding hydrogens is 148 g/mol. The van der Waals surface area contributed by atoms with Crippen molar-refractivity contribution >= 4 is 0 Å². The van der Waals surface area contributed by atoms with Crippen LogP contribution in [0, 0.1) is 25.2 Å². The SMILES string of the molecule is Cc1cc(C)c(C#N)c(CN)c1. The molecule has 1 aromatic carbocycles. The summed E-state index contributed by atoms with van der Waals surface area (Å²) in [7, 11) is 0. The lowest BCUT2D eigenvalue weighted by atomic mass is 10.00. The van der Waals surface area contributed by atoms with E-state index in [2.05, 4.69) is 6.07 Å². The first kappa shape index (κ1) is 8.76. The van der Waals surface area contributed by atoms with Crippen molar-refractivity contribution in [2.75, 3.05) is 0 Å². The Bertz CT molecular complexity index is 334. The summed E-state index contributed by atoms with van der Waals surface area (Å²) in [5, 5.41) is 8.82. The first-order valence-electron chi connectivity index (χ1n) is 3.89. The van der Waals surface area contributed by atoms with Crippen molar-refractivity contribution in [1.82, 2.24) is 0 Å². The van der Waals surface area contributed by atoms with Gasteiger partial charge in [-0.2, -0.15) is 5.26 Å². The van der Waals surface area contributed by atoms with Crippen molar-refractivity contribution in [3.8, 4) is 6.07 Å². The Hall–Kier alpha value is -1.33. The third-order valence-electron chi connectivity index (χ3n) is 1.89. The number of hydrogen-bond donors (Lipinski definition) is 1. The maximum absolute atomic E-state index is 8.82. The van der Waals surface area contributed by atoms with Crippen LogP contribution in [0.5, 0.6) is 0 Å². The molecule has 0 spiro atoms. The molecule has 12 heavy (non-hydrogen) atoms. The molecule has 1 rings (SSSR count). The lowest BCUT2D eigenvalue weighted by Crippen LogP contribution is -2.01. The van der Waals surface area contributed by atoms with Crippen LogP contribution >= 0.6 is 0 Å². The van der Waals surface area contributed by atoms with Crippen LogP contribution in [0.3, 0.4) is 0 Å². The Morgan fingerprint density at radius 1 is 1.42 bits per heavy atom. The van der Waals surface area contributed by atoms with Gasteiger partial charge in [0.25, 0.3) is 0 Å². The Morgan fingerprint density at radius 2 is 2.08 bits per heavy atom. The van der Waals surface area contributed by atoms with Gasteiger partial charge in [-0.15, -0.1) is 0 Å². The Kier molecular flexibility index (Phi) is 2.47. The maximum Gasteiger partial charge on any atom is 0.0997 e. The van der Waals surface area contributed by atoms with E-state index in [0.717, 1.165) is 22.3 Å². The topological polar surface area (TPSA) is 49.8 Å². The molecule has 0 saturated carbocycles. The standard InChI is InChI=1S/C10H12N2/c1-7-3-8(2)10(6-12)9(4-7)5-11/h3-4H,5,11H2,1-2H3. The highest BCUT2D eigenvalue weighted by Crippen LogP contribution is 2.15. The van der Waals surface area contributed by atoms with Gasteiger partial charge in [-0.3, -0.25) is 0 Å². The molecule has 0 fully saturated rings. The van der Waals surface area contributed by atoms with Gasteiger partial charge in [-0.25, -0.2) is 0 Å². The van der Waals surface area contributed by atoms with E-state index in [1.165, 1.54) is 0 Å². The molecular formula is C10H12N2. The van der Waals surface area contributed by atoms with Gasteiger partial charge >= 0.3 is 0 Å². The summed E-state index contributed by atoms with van der Waals surface area (Å²) in [5.74, 6) is 0. The summed E-state index contributed by atoms with van der Waals surface area (Å²) in [5.41, 5.74) is 9.35. The Labute approximate surface area is 72.6 Å². The molecule has 0 aliphatic heterocycles. The fraction of sp³-hybridized carbons (Fsp3) is 0.300. The van der Waals surface area contributed by atoms with E-state index in [9.17, 15) is 0 Å². The predicted molar refractivity (Wildman–Crippen MR) is 48.5 cm³/mol. The summed E-state index contributed by atoms with van der Waals surface area (Å²) in [6.45, 7) is 4.38. The number of aryl methyl sites for hydroxylation is 2. The molecule has 0 bridgehead atoms. The van der Waals surface area contributed by atoms with E-state index in [-0.39, 0.29) is 0 Å². The van der Waals surface area contributed by atoms with Gasteiger partial charge in [-0.05, 0) is 25.0 Å². The molecule has 62 valence electrons. The number of nitrogens with zero attached hydrogens (tertiary/aromatic N) is 1. The number of nitriles is 1. The van der Waals surface area contributed by atoms with E-state index >= 15 is 0 Å². The van der Waals surface area contributed by atoms with Crippen molar-refractivity contribution in [3.05, 3.63) is 34.4 Å². The normalized spacial score (nSPS) is 9.50. The summed E-state index contributed by atoms with van der Waals surface area (Å²) >= 11 is 0. The summed E-state index contributed by atoms with van der Waals surface area (Å²) in [6.07, 6.45) is 0. The van der Waals surface area contributed by atoms with E-state index in [1.54, 1.807) is 0 Å². The number of hydrogen-bond acceptors (Lipinski definition) is 2. The number of benzene rings is 1. The van der Waals surface area contributed by atoms with Crippen LogP contribution in [0.1, 0.15) is 22.3 Å². The monoisotopic (exact) mass is 160 g/mol. The van der Waals surface area contributed by atoms with Crippen molar-refractivity contribution in [3.63, 3.8) is 0 Å². The Morgan fingerprint density at radius 3 is 2.58 bits per heavy atom. The van der Waals surface area contributed by atoms with Gasteiger partial charge in [-0.1, -0.05) is 17.7 Å². The van der Waals surface area contributed by atoms with Crippen LogP contribution in [0.2, 0.25) is 0 Å². The van der Waals surface area contributed by atoms with Crippen LogP contribution in [0.15, 0.2) is 12.1 Å². The Balaban J connectivity index is 3.36. The van der Waals surface area contributed by atoms with Gasteiger partial charge in [0.2, 0.25) is 0 Å². The zero-order valence-corrected chi connectivity index (χ0v) is 7.39. The van der Waals surface area contributed by atoms with Crippen LogP contribution in [-0.4, -0.2) is 0 Å². The van der Waals surface area contributed by atoms with E-state index < -0.39 is 0 Å². The van der Waals surface area contributed by atoms with Crippen LogP contribution < -0.4 is 5.73 Å². The van der Waals surface area contributed by atoms with E-state index in [4.69, 9.17) is 11.0 Å². The van der Waals surface area contributed by atoms with Crippen molar-refractivity contribution in [2.24, 2.45) is 5.73 Å². The second-order valence-electron chi connectivity index (χ2n) is 2.93. The fourth-order valence-corrected chi connectivity index (χ4v) is 1.38. The second-order valence-corrected chi connectivity index (χ2v) is 2.93. The third kappa shape index (κ3) is 1.46. The predicted octanol–water partition coefficient (Wildman–Crippen LogP) is 1.63. The molecule has 1 aromatic rings. The molecule has 0 saturated heterocycles. The highest BCUT2D eigenvalue weighted by atomic mass is 14.5. The average Bonchev–Trinajstić information content (AvgIpc) is 2.03. The minimum absolute atomic E-state index is 0.436. The van der Waals surface area contributed by atoms with Gasteiger partial charge in [0.1, 0.15) is 0 Å².